The second-order valence-electron chi connectivity index (χ2n) is 3.73. The first kappa shape index (κ1) is 14.5. The molecule has 4 nitrogen and oxygen atoms in total. The molecule has 1 amide bonds. The number of rotatable bonds is 7. The predicted octanol–water partition coefficient (Wildman–Crippen LogP) is 0.793. The van der Waals surface area contributed by atoms with Crippen molar-refractivity contribution in [3.8, 4) is 0 Å². The summed E-state index contributed by atoms with van der Waals surface area (Å²) in [7, 11) is 1.77. The van der Waals surface area contributed by atoms with E-state index in [2.05, 4.69) is 0 Å². The normalized spacial score (nSPS) is 12.4. The lowest BCUT2D eigenvalue weighted by atomic mass is 10.3. The Morgan fingerprint density at radius 3 is 3.00 bits per heavy atom. The molecule has 1 aromatic heterocycles. The van der Waals surface area contributed by atoms with Gasteiger partial charge in [-0.15, -0.1) is 11.8 Å². The summed E-state index contributed by atoms with van der Waals surface area (Å²) in [6.45, 7) is 0.359. The van der Waals surface area contributed by atoms with Crippen LogP contribution in [0, 0.1) is 0 Å². The molecule has 6 heteroatoms. The number of aliphatic hydroxyl groups excluding tert-OH is 2. The maximum atomic E-state index is 11.7. The van der Waals surface area contributed by atoms with Gasteiger partial charge in [0, 0.05) is 19.3 Å². The average Bonchev–Trinajstić information content (AvgIpc) is 2.81. The van der Waals surface area contributed by atoms with E-state index in [1.165, 1.54) is 11.8 Å². The minimum Gasteiger partial charge on any atom is -0.394 e. The lowest BCUT2D eigenvalue weighted by Gasteiger charge is -2.16. The van der Waals surface area contributed by atoms with Crippen LogP contribution >= 0.6 is 23.1 Å². The van der Waals surface area contributed by atoms with Crippen LogP contribution in [0.1, 0.15) is 5.56 Å². The molecule has 96 valence electrons. The van der Waals surface area contributed by atoms with Crippen LogP contribution in [0.2, 0.25) is 0 Å². The van der Waals surface area contributed by atoms with Gasteiger partial charge in [-0.1, -0.05) is 0 Å². The number of aliphatic hydroxyl groups is 2. The first-order valence-corrected chi connectivity index (χ1v) is 7.35. The molecule has 0 saturated heterocycles. The SMILES string of the molecule is CN(Cc1ccsc1)C(=O)CSCC(O)CO. The summed E-state index contributed by atoms with van der Waals surface area (Å²) in [5, 5.41) is 21.8. The number of carbonyl (C=O) groups excluding carboxylic acids is 1. The zero-order valence-corrected chi connectivity index (χ0v) is 11.3. The van der Waals surface area contributed by atoms with Gasteiger partial charge in [-0.05, 0) is 22.4 Å². The van der Waals surface area contributed by atoms with Crippen LogP contribution in [0.5, 0.6) is 0 Å². The number of amides is 1. The number of carbonyl (C=O) groups is 1. The molecule has 1 unspecified atom stereocenters. The van der Waals surface area contributed by atoms with Gasteiger partial charge in [-0.3, -0.25) is 4.79 Å². The molecule has 1 aromatic rings. The van der Waals surface area contributed by atoms with E-state index in [-0.39, 0.29) is 12.5 Å². The average molecular weight is 275 g/mol. The van der Waals surface area contributed by atoms with Gasteiger partial charge in [-0.2, -0.15) is 11.3 Å². The molecule has 0 aromatic carbocycles. The lowest BCUT2D eigenvalue weighted by molar-refractivity contribution is -0.127. The van der Waals surface area contributed by atoms with Crippen LogP contribution in [0.15, 0.2) is 16.8 Å². The van der Waals surface area contributed by atoms with Gasteiger partial charge in [0.1, 0.15) is 0 Å². The fraction of sp³-hybridized carbons (Fsp3) is 0.545. The Labute approximate surface area is 109 Å². The number of thioether (sulfide) groups is 1. The number of nitrogens with zero attached hydrogens (tertiary/aromatic N) is 1. The van der Waals surface area contributed by atoms with Crippen LogP contribution in [-0.4, -0.2) is 52.3 Å². The summed E-state index contributed by atoms with van der Waals surface area (Å²) in [6.07, 6.45) is -0.741. The van der Waals surface area contributed by atoms with Gasteiger partial charge in [0.05, 0.1) is 18.5 Å². The highest BCUT2D eigenvalue weighted by Crippen LogP contribution is 2.10. The smallest absolute Gasteiger partial charge is 0.232 e. The van der Waals surface area contributed by atoms with Crippen molar-refractivity contribution < 1.29 is 15.0 Å². The van der Waals surface area contributed by atoms with Gasteiger partial charge in [0.2, 0.25) is 5.91 Å². The first-order chi connectivity index (χ1) is 8.13. The number of hydrogen-bond donors (Lipinski definition) is 2. The Hall–Kier alpha value is -0.560. The minimum atomic E-state index is -0.741. The molecular weight excluding hydrogens is 258 g/mol. The van der Waals surface area contributed by atoms with Crippen molar-refractivity contribution in [2.45, 2.75) is 12.6 Å². The molecule has 0 saturated carbocycles. The molecule has 2 N–H and O–H groups in total. The van der Waals surface area contributed by atoms with Gasteiger partial charge >= 0.3 is 0 Å². The van der Waals surface area contributed by atoms with Gasteiger partial charge in [0.25, 0.3) is 0 Å². The number of hydrogen-bond acceptors (Lipinski definition) is 5. The highest BCUT2D eigenvalue weighted by atomic mass is 32.2. The van der Waals surface area contributed by atoms with E-state index in [9.17, 15) is 4.79 Å². The zero-order valence-electron chi connectivity index (χ0n) is 9.70. The van der Waals surface area contributed by atoms with Crippen molar-refractivity contribution in [1.29, 1.82) is 0 Å². The topological polar surface area (TPSA) is 60.8 Å². The molecule has 0 spiro atoms. The third-order valence-corrected chi connectivity index (χ3v) is 3.98. The summed E-state index contributed by atoms with van der Waals surface area (Å²) in [5.74, 6) is 0.748. The molecular formula is C11H17NO3S2. The van der Waals surface area contributed by atoms with E-state index in [4.69, 9.17) is 10.2 Å². The van der Waals surface area contributed by atoms with Crippen molar-refractivity contribution in [3.05, 3.63) is 22.4 Å². The van der Waals surface area contributed by atoms with Crippen molar-refractivity contribution in [2.75, 3.05) is 25.2 Å². The van der Waals surface area contributed by atoms with E-state index >= 15 is 0 Å². The molecule has 0 radical (unpaired) electrons. The largest absolute Gasteiger partial charge is 0.394 e. The van der Waals surface area contributed by atoms with E-state index < -0.39 is 6.10 Å². The van der Waals surface area contributed by atoms with Crippen molar-refractivity contribution >= 4 is 29.0 Å². The zero-order chi connectivity index (χ0) is 12.7. The Morgan fingerprint density at radius 1 is 1.65 bits per heavy atom. The van der Waals surface area contributed by atoms with Gasteiger partial charge in [0.15, 0.2) is 0 Å². The fourth-order valence-corrected chi connectivity index (χ4v) is 2.74. The molecule has 1 atom stereocenters. The molecule has 0 aliphatic heterocycles. The molecule has 1 heterocycles. The van der Waals surface area contributed by atoms with E-state index in [0.717, 1.165) is 5.56 Å². The van der Waals surface area contributed by atoms with Gasteiger partial charge < -0.3 is 15.1 Å². The van der Waals surface area contributed by atoms with Gasteiger partial charge in [-0.25, -0.2) is 0 Å². The van der Waals surface area contributed by atoms with Crippen LogP contribution < -0.4 is 0 Å². The van der Waals surface area contributed by atoms with E-state index in [1.807, 2.05) is 16.8 Å². The van der Waals surface area contributed by atoms with E-state index in [1.54, 1.807) is 23.3 Å². The highest BCUT2D eigenvalue weighted by Gasteiger charge is 2.10. The Morgan fingerprint density at radius 2 is 2.41 bits per heavy atom. The Kier molecular flexibility index (Phi) is 6.57. The van der Waals surface area contributed by atoms with Crippen molar-refractivity contribution in [2.24, 2.45) is 0 Å². The fourth-order valence-electron chi connectivity index (χ4n) is 1.19. The standard InChI is InChI=1S/C11H17NO3S2/c1-12(4-9-2-3-16-6-9)11(15)8-17-7-10(14)5-13/h2-3,6,10,13-14H,4-5,7-8H2,1H3. The molecule has 0 bridgehead atoms. The highest BCUT2D eigenvalue weighted by molar-refractivity contribution is 7.99. The maximum Gasteiger partial charge on any atom is 0.232 e. The quantitative estimate of drug-likeness (QED) is 0.772. The van der Waals surface area contributed by atoms with E-state index in [0.29, 0.717) is 18.1 Å². The monoisotopic (exact) mass is 275 g/mol. The molecule has 0 fully saturated rings. The predicted molar refractivity (Wildman–Crippen MR) is 71.2 cm³/mol. The first-order valence-electron chi connectivity index (χ1n) is 5.25. The second-order valence-corrected chi connectivity index (χ2v) is 5.54. The third-order valence-electron chi connectivity index (χ3n) is 2.17. The minimum absolute atomic E-state index is 0.0336. The Balaban J connectivity index is 2.23. The molecule has 0 aliphatic carbocycles. The number of thiophene rings is 1. The molecule has 17 heavy (non-hydrogen) atoms. The molecule has 0 aliphatic rings. The van der Waals surface area contributed by atoms with Crippen LogP contribution in [0.4, 0.5) is 0 Å². The maximum absolute atomic E-state index is 11.7. The summed E-state index contributed by atoms with van der Waals surface area (Å²) < 4.78 is 0. The third kappa shape index (κ3) is 5.54. The summed E-state index contributed by atoms with van der Waals surface area (Å²) in [4.78, 5) is 13.4. The molecule has 1 rings (SSSR count). The van der Waals surface area contributed by atoms with Crippen molar-refractivity contribution in [3.63, 3.8) is 0 Å². The Bertz CT molecular complexity index is 329. The van der Waals surface area contributed by atoms with Crippen LogP contribution in [0.25, 0.3) is 0 Å². The van der Waals surface area contributed by atoms with Crippen molar-refractivity contribution in [1.82, 2.24) is 4.90 Å². The summed E-state index contributed by atoms with van der Waals surface area (Å²) in [5.41, 5.74) is 1.13. The van der Waals surface area contributed by atoms with Crippen LogP contribution in [-0.2, 0) is 11.3 Å². The second kappa shape index (κ2) is 7.71. The lowest BCUT2D eigenvalue weighted by Crippen LogP contribution is -2.28. The summed E-state index contributed by atoms with van der Waals surface area (Å²) in [6, 6.07) is 2.00. The summed E-state index contributed by atoms with van der Waals surface area (Å²) >= 11 is 2.95. The van der Waals surface area contributed by atoms with Crippen LogP contribution in [0.3, 0.4) is 0 Å².